The van der Waals surface area contributed by atoms with E-state index in [4.69, 9.17) is 0 Å². The van der Waals surface area contributed by atoms with E-state index in [1.54, 1.807) is 0 Å². The Morgan fingerprint density at radius 2 is 2.05 bits per heavy atom. The average molecular weight is 329 g/mol. The Morgan fingerprint density at radius 3 is 2.71 bits per heavy atom. The van der Waals surface area contributed by atoms with Crippen LogP contribution in [0.3, 0.4) is 0 Å². The molecule has 1 heterocycles. The van der Waals surface area contributed by atoms with Gasteiger partial charge in [-0.3, -0.25) is 4.90 Å². The van der Waals surface area contributed by atoms with Crippen molar-refractivity contribution in [3.8, 4) is 0 Å². The van der Waals surface area contributed by atoms with E-state index in [-0.39, 0.29) is 5.75 Å². The van der Waals surface area contributed by atoms with Crippen molar-refractivity contribution >= 4 is 21.8 Å². The Labute approximate surface area is 132 Å². The molecule has 6 heteroatoms. The van der Waals surface area contributed by atoms with Gasteiger partial charge in [0.1, 0.15) is 0 Å². The normalized spacial score (nSPS) is 24.1. The second kappa shape index (κ2) is 7.63. The first-order valence-electron chi connectivity index (χ1n) is 7.35. The zero-order valence-electron chi connectivity index (χ0n) is 12.7. The first-order valence-corrected chi connectivity index (χ1v) is 10.1. The number of hydrogen-bond acceptors (Lipinski definition) is 4. The minimum Gasteiger partial charge on any atom is -0.294 e. The lowest BCUT2D eigenvalue weighted by molar-refractivity contribution is 0.201. The monoisotopic (exact) mass is 328 g/mol. The first-order chi connectivity index (χ1) is 10.0. The largest absolute Gasteiger partial charge is 0.294 e. The van der Waals surface area contributed by atoms with Crippen LogP contribution in [0.25, 0.3) is 0 Å². The summed E-state index contributed by atoms with van der Waals surface area (Å²) >= 11 is 2.00. The molecule has 118 valence electrons. The van der Waals surface area contributed by atoms with Gasteiger partial charge in [-0.05, 0) is 25.6 Å². The highest BCUT2D eigenvalue weighted by molar-refractivity contribution is 8.00. The molecule has 2 atom stereocenters. The van der Waals surface area contributed by atoms with Crippen molar-refractivity contribution in [1.29, 1.82) is 0 Å². The summed E-state index contributed by atoms with van der Waals surface area (Å²) < 4.78 is 25.4. The molecule has 0 unspecified atom stereocenters. The molecule has 1 saturated heterocycles. The lowest BCUT2D eigenvalue weighted by atomic mass is 10.0. The summed E-state index contributed by atoms with van der Waals surface area (Å²) in [5, 5.41) is 0.530. The highest BCUT2D eigenvalue weighted by Gasteiger charge is 2.30. The number of hydrogen-bond donors (Lipinski definition) is 1. The van der Waals surface area contributed by atoms with Gasteiger partial charge in [-0.2, -0.15) is 11.8 Å². The second-order valence-corrected chi connectivity index (χ2v) is 8.88. The SMILES string of the molecule is CNS(=O)(=O)CCCN1CCS[C@H](C)[C@@H]1c1ccccc1. The Hall–Kier alpha value is -0.560. The number of nitrogens with one attached hydrogen (secondary N) is 1. The maximum absolute atomic E-state index is 11.5. The lowest BCUT2D eigenvalue weighted by Gasteiger charge is -2.40. The Kier molecular flexibility index (Phi) is 6.10. The summed E-state index contributed by atoms with van der Waals surface area (Å²) in [6.07, 6.45) is 0.671. The molecule has 4 nitrogen and oxygen atoms in total. The van der Waals surface area contributed by atoms with Crippen molar-refractivity contribution < 1.29 is 8.42 Å². The van der Waals surface area contributed by atoms with Gasteiger partial charge in [0.15, 0.2) is 0 Å². The summed E-state index contributed by atoms with van der Waals surface area (Å²) in [6.45, 7) is 4.11. The van der Waals surface area contributed by atoms with Crippen LogP contribution in [0.5, 0.6) is 0 Å². The van der Waals surface area contributed by atoms with Crippen LogP contribution < -0.4 is 4.72 Å². The number of sulfonamides is 1. The standard InChI is InChI=1S/C15H24N2O2S2/c1-13-15(14-7-4-3-5-8-14)17(10-11-20-13)9-6-12-21(18,19)16-2/h3-5,7-8,13,15-16H,6,9-12H2,1-2H3/t13-,15-/m1/s1. The van der Waals surface area contributed by atoms with Crippen LogP contribution in [0, 0.1) is 0 Å². The third-order valence-electron chi connectivity index (χ3n) is 3.91. The van der Waals surface area contributed by atoms with Crippen molar-refractivity contribution in [2.24, 2.45) is 0 Å². The molecule has 21 heavy (non-hydrogen) atoms. The van der Waals surface area contributed by atoms with E-state index < -0.39 is 10.0 Å². The van der Waals surface area contributed by atoms with Crippen LogP contribution in [0.15, 0.2) is 30.3 Å². The van der Waals surface area contributed by atoms with Gasteiger partial charge in [-0.25, -0.2) is 13.1 Å². The fourth-order valence-corrected chi connectivity index (χ4v) is 4.76. The Bertz CT molecular complexity index is 534. The number of rotatable bonds is 6. The Morgan fingerprint density at radius 1 is 1.33 bits per heavy atom. The molecule has 1 N–H and O–H groups in total. The fraction of sp³-hybridized carbons (Fsp3) is 0.600. The summed E-state index contributed by atoms with van der Waals surface area (Å²) in [4.78, 5) is 2.43. The molecule has 1 fully saturated rings. The first kappa shape index (κ1) is 16.8. The molecular weight excluding hydrogens is 304 g/mol. The van der Waals surface area contributed by atoms with Gasteiger partial charge in [0.2, 0.25) is 10.0 Å². The zero-order valence-corrected chi connectivity index (χ0v) is 14.3. The molecule has 0 radical (unpaired) electrons. The van der Waals surface area contributed by atoms with Gasteiger partial charge in [0, 0.05) is 23.6 Å². The zero-order chi connectivity index (χ0) is 15.3. The maximum atomic E-state index is 11.5. The van der Waals surface area contributed by atoms with E-state index in [1.165, 1.54) is 12.6 Å². The smallest absolute Gasteiger partial charge is 0.211 e. The van der Waals surface area contributed by atoms with Crippen molar-refractivity contribution in [2.45, 2.75) is 24.6 Å². The second-order valence-electron chi connectivity index (χ2n) is 5.34. The van der Waals surface area contributed by atoms with E-state index in [0.29, 0.717) is 17.7 Å². The van der Waals surface area contributed by atoms with Crippen LogP contribution in [-0.4, -0.2) is 50.2 Å². The predicted octanol–water partition coefficient (Wildman–Crippen LogP) is 2.10. The molecule has 0 saturated carbocycles. The molecule has 1 aliphatic heterocycles. The summed E-state index contributed by atoms with van der Waals surface area (Å²) in [5.41, 5.74) is 1.33. The van der Waals surface area contributed by atoms with Gasteiger partial charge in [0.25, 0.3) is 0 Å². The summed E-state index contributed by atoms with van der Waals surface area (Å²) in [7, 11) is -1.62. The number of thioether (sulfide) groups is 1. The third kappa shape index (κ3) is 4.71. The molecule has 2 rings (SSSR count). The number of nitrogens with zero attached hydrogens (tertiary/aromatic N) is 1. The highest BCUT2D eigenvalue weighted by atomic mass is 32.2. The maximum Gasteiger partial charge on any atom is 0.211 e. The van der Waals surface area contributed by atoms with E-state index in [1.807, 2.05) is 17.8 Å². The van der Waals surface area contributed by atoms with Crippen molar-refractivity contribution in [1.82, 2.24) is 9.62 Å². The third-order valence-corrected chi connectivity index (χ3v) is 6.56. The lowest BCUT2D eigenvalue weighted by Crippen LogP contribution is -2.41. The van der Waals surface area contributed by atoms with Crippen molar-refractivity contribution in [3.05, 3.63) is 35.9 Å². The molecule has 0 amide bonds. The molecule has 1 aromatic rings. The van der Waals surface area contributed by atoms with Crippen LogP contribution >= 0.6 is 11.8 Å². The van der Waals surface area contributed by atoms with E-state index >= 15 is 0 Å². The molecule has 0 aromatic heterocycles. The number of benzene rings is 1. The van der Waals surface area contributed by atoms with Crippen LogP contribution in [0.4, 0.5) is 0 Å². The van der Waals surface area contributed by atoms with Crippen LogP contribution in [0.2, 0.25) is 0 Å². The Balaban J connectivity index is 2.02. The fourth-order valence-electron chi connectivity index (χ4n) is 2.83. The minimum atomic E-state index is -3.10. The van der Waals surface area contributed by atoms with Gasteiger partial charge in [-0.1, -0.05) is 37.3 Å². The van der Waals surface area contributed by atoms with E-state index in [2.05, 4.69) is 40.8 Å². The van der Waals surface area contributed by atoms with Gasteiger partial charge in [0.05, 0.1) is 5.75 Å². The molecule has 1 aromatic carbocycles. The predicted molar refractivity (Wildman–Crippen MR) is 90.1 cm³/mol. The molecular formula is C15H24N2O2S2. The van der Waals surface area contributed by atoms with Gasteiger partial charge >= 0.3 is 0 Å². The topological polar surface area (TPSA) is 49.4 Å². The highest BCUT2D eigenvalue weighted by Crippen LogP contribution is 2.35. The molecule has 1 aliphatic rings. The van der Waals surface area contributed by atoms with Gasteiger partial charge < -0.3 is 0 Å². The summed E-state index contributed by atoms with van der Waals surface area (Å²) in [6, 6.07) is 10.9. The van der Waals surface area contributed by atoms with Crippen LogP contribution in [-0.2, 0) is 10.0 Å². The van der Waals surface area contributed by atoms with Crippen LogP contribution in [0.1, 0.15) is 24.9 Å². The van der Waals surface area contributed by atoms with E-state index in [0.717, 1.165) is 18.8 Å². The minimum absolute atomic E-state index is 0.197. The quantitative estimate of drug-likeness (QED) is 0.869. The molecule has 0 spiro atoms. The summed E-state index contributed by atoms with van der Waals surface area (Å²) in [5.74, 6) is 1.31. The average Bonchev–Trinajstić information content (AvgIpc) is 2.48. The molecule has 0 aliphatic carbocycles. The molecule has 0 bridgehead atoms. The van der Waals surface area contributed by atoms with Gasteiger partial charge in [-0.15, -0.1) is 0 Å². The van der Waals surface area contributed by atoms with E-state index in [9.17, 15) is 8.42 Å². The van der Waals surface area contributed by atoms with Crippen molar-refractivity contribution in [2.75, 3.05) is 31.6 Å². The van der Waals surface area contributed by atoms with Crippen molar-refractivity contribution in [3.63, 3.8) is 0 Å².